The highest BCUT2D eigenvalue weighted by Crippen LogP contribution is 2.22. The number of hydrogen-bond acceptors (Lipinski definition) is 5. The molecule has 7 nitrogen and oxygen atoms in total. The third-order valence-corrected chi connectivity index (χ3v) is 4.96. The highest BCUT2D eigenvalue weighted by Gasteiger charge is 2.18. The van der Waals surface area contributed by atoms with Gasteiger partial charge >= 0.3 is 0 Å². The molecule has 1 atom stereocenters. The number of carbonyl (C=O) groups excluding carboxylic acids is 1. The average Bonchev–Trinajstić information content (AvgIpc) is 3.31. The molecule has 1 aliphatic rings. The molecule has 0 spiro atoms. The predicted molar refractivity (Wildman–Crippen MR) is 110 cm³/mol. The van der Waals surface area contributed by atoms with Crippen LogP contribution < -0.4 is 15.5 Å². The van der Waals surface area contributed by atoms with E-state index in [1.165, 1.54) is 5.69 Å². The number of hydrazone groups is 1. The van der Waals surface area contributed by atoms with E-state index in [2.05, 4.69) is 40.3 Å². The molecule has 1 saturated heterocycles. The van der Waals surface area contributed by atoms with E-state index in [9.17, 15) is 4.79 Å². The van der Waals surface area contributed by atoms with Crippen molar-refractivity contribution in [1.29, 1.82) is 0 Å². The number of hydrogen-bond donors (Lipinski definition) is 2. The predicted octanol–water partition coefficient (Wildman–Crippen LogP) is 2.85. The van der Waals surface area contributed by atoms with Crippen molar-refractivity contribution in [3.63, 3.8) is 0 Å². The Labute approximate surface area is 165 Å². The van der Waals surface area contributed by atoms with E-state index >= 15 is 0 Å². The molecule has 1 aromatic carbocycles. The van der Waals surface area contributed by atoms with E-state index in [1.54, 1.807) is 13.3 Å². The van der Waals surface area contributed by atoms with E-state index in [0.29, 0.717) is 5.75 Å². The summed E-state index contributed by atoms with van der Waals surface area (Å²) >= 11 is 0. The van der Waals surface area contributed by atoms with Gasteiger partial charge in [0.15, 0.2) is 0 Å². The van der Waals surface area contributed by atoms with Crippen molar-refractivity contribution in [2.45, 2.75) is 39.3 Å². The first-order valence-electron chi connectivity index (χ1n) is 9.55. The number of rotatable bonds is 8. The summed E-state index contributed by atoms with van der Waals surface area (Å²) in [7, 11) is 1.60. The standard InChI is InChI=1S/C21H28N4O3/c1-15-11-17(16(2)25(15)14-18-7-6-10-28-18)12-23-24-21(26)13-22-19-8-4-5-9-20(19)27-3/h4-5,8-9,11-12,18,22H,6-7,10,13-14H2,1-3H3,(H,24,26)/b23-12-/t18-/m0/s1. The molecular formula is C21H28N4O3. The summed E-state index contributed by atoms with van der Waals surface area (Å²) in [4.78, 5) is 12.0. The summed E-state index contributed by atoms with van der Waals surface area (Å²) in [6, 6.07) is 9.53. The fraction of sp³-hybridized carbons (Fsp3) is 0.429. The van der Waals surface area contributed by atoms with Crippen LogP contribution in [0, 0.1) is 13.8 Å². The second-order valence-electron chi connectivity index (χ2n) is 6.92. The number of nitrogens with one attached hydrogen (secondary N) is 2. The minimum atomic E-state index is -0.227. The van der Waals surface area contributed by atoms with Crippen molar-refractivity contribution in [1.82, 2.24) is 9.99 Å². The third-order valence-electron chi connectivity index (χ3n) is 4.96. The summed E-state index contributed by atoms with van der Waals surface area (Å²) in [6.45, 7) is 5.97. The monoisotopic (exact) mass is 384 g/mol. The first-order valence-corrected chi connectivity index (χ1v) is 9.55. The van der Waals surface area contributed by atoms with Gasteiger partial charge in [0, 0.05) is 30.1 Å². The van der Waals surface area contributed by atoms with Crippen LogP contribution in [0.15, 0.2) is 35.4 Å². The number of aromatic nitrogens is 1. The maximum Gasteiger partial charge on any atom is 0.259 e. The molecule has 150 valence electrons. The minimum Gasteiger partial charge on any atom is -0.495 e. The van der Waals surface area contributed by atoms with Crippen LogP contribution in [0.5, 0.6) is 5.75 Å². The Kier molecular flexibility index (Phi) is 6.71. The first kappa shape index (κ1) is 19.9. The molecule has 0 aliphatic carbocycles. The topological polar surface area (TPSA) is 76.9 Å². The summed E-state index contributed by atoms with van der Waals surface area (Å²) in [5.41, 5.74) is 6.61. The summed E-state index contributed by atoms with van der Waals surface area (Å²) in [5.74, 6) is 0.466. The normalized spacial score (nSPS) is 16.5. The van der Waals surface area contributed by atoms with Crippen molar-refractivity contribution in [2.75, 3.05) is 25.6 Å². The highest BCUT2D eigenvalue weighted by molar-refractivity contribution is 5.85. The first-order chi connectivity index (χ1) is 13.6. The van der Waals surface area contributed by atoms with Gasteiger partial charge in [0.05, 0.1) is 31.7 Å². The molecule has 2 heterocycles. The van der Waals surface area contributed by atoms with Gasteiger partial charge in [-0.05, 0) is 44.9 Å². The fourth-order valence-electron chi connectivity index (χ4n) is 3.41. The Morgan fingerprint density at radius 1 is 1.39 bits per heavy atom. The van der Waals surface area contributed by atoms with Gasteiger partial charge in [-0.1, -0.05) is 12.1 Å². The molecular weight excluding hydrogens is 356 g/mol. The second-order valence-corrected chi connectivity index (χ2v) is 6.92. The van der Waals surface area contributed by atoms with Crippen molar-refractivity contribution >= 4 is 17.8 Å². The van der Waals surface area contributed by atoms with Gasteiger partial charge in [-0.2, -0.15) is 5.10 Å². The number of para-hydroxylation sites is 2. The van der Waals surface area contributed by atoms with Gasteiger partial charge in [0.1, 0.15) is 5.75 Å². The lowest BCUT2D eigenvalue weighted by Gasteiger charge is -2.14. The van der Waals surface area contributed by atoms with Crippen LogP contribution in [0.3, 0.4) is 0 Å². The molecule has 28 heavy (non-hydrogen) atoms. The lowest BCUT2D eigenvalue weighted by atomic mass is 10.2. The largest absolute Gasteiger partial charge is 0.495 e. The van der Waals surface area contributed by atoms with Crippen LogP contribution in [0.25, 0.3) is 0 Å². The molecule has 7 heteroatoms. The van der Waals surface area contributed by atoms with Gasteiger partial charge in [0.25, 0.3) is 5.91 Å². The zero-order valence-corrected chi connectivity index (χ0v) is 16.7. The Hall–Kier alpha value is -2.80. The SMILES string of the molecule is COc1ccccc1NCC(=O)N/N=C\c1cc(C)n(C[C@@H]2CCCO2)c1C. The van der Waals surface area contributed by atoms with E-state index in [0.717, 1.165) is 42.9 Å². The van der Waals surface area contributed by atoms with E-state index in [-0.39, 0.29) is 18.6 Å². The number of benzene rings is 1. The average molecular weight is 384 g/mol. The lowest BCUT2D eigenvalue weighted by Crippen LogP contribution is -2.26. The number of carbonyl (C=O) groups is 1. The molecule has 0 saturated carbocycles. The summed E-state index contributed by atoms with van der Waals surface area (Å²) in [5, 5.41) is 7.15. The second kappa shape index (κ2) is 9.41. The Bertz CT molecular complexity index is 838. The number of anilines is 1. The van der Waals surface area contributed by atoms with Crippen LogP contribution in [-0.2, 0) is 16.1 Å². The van der Waals surface area contributed by atoms with Gasteiger partial charge < -0.3 is 19.4 Å². The molecule has 0 radical (unpaired) electrons. The van der Waals surface area contributed by atoms with Crippen LogP contribution in [0.1, 0.15) is 29.8 Å². The van der Waals surface area contributed by atoms with Crippen molar-refractivity contribution in [3.05, 3.63) is 47.3 Å². The zero-order chi connectivity index (χ0) is 19.9. The van der Waals surface area contributed by atoms with Gasteiger partial charge in [-0.25, -0.2) is 5.43 Å². The van der Waals surface area contributed by atoms with Crippen LogP contribution in [0.2, 0.25) is 0 Å². The van der Waals surface area contributed by atoms with Gasteiger partial charge in [0.2, 0.25) is 0 Å². The molecule has 1 amide bonds. The summed E-state index contributed by atoms with van der Waals surface area (Å²) < 4.78 is 13.2. The number of aryl methyl sites for hydroxylation is 1. The Morgan fingerprint density at radius 2 is 2.21 bits per heavy atom. The number of ether oxygens (including phenoxy) is 2. The maximum atomic E-state index is 12.0. The smallest absolute Gasteiger partial charge is 0.259 e. The van der Waals surface area contributed by atoms with E-state index in [1.807, 2.05) is 24.3 Å². The quantitative estimate of drug-likeness (QED) is 0.542. The molecule has 1 fully saturated rings. The van der Waals surface area contributed by atoms with Crippen molar-refractivity contribution in [3.8, 4) is 5.75 Å². The Balaban J connectivity index is 1.53. The maximum absolute atomic E-state index is 12.0. The van der Waals surface area contributed by atoms with Gasteiger partial charge in [-0.15, -0.1) is 0 Å². The van der Waals surface area contributed by atoms with Crippen molar-refractivity contribution < 1.29 is 14.3 Å². The molecule has 0 unspecified atom stereocenters. The number of amides is 1. The van der Waals surface area contributed by atoms with Crippen LogP contribution in [-0.4, -0.2) is 43.1 Å². The minimum absolute atomic E-state index is 0.107. The number of nitrogens with zero attached hydrogens (tertiary/aromatic N) is 2. The van der Waals surface area contributed by atoms with E-state index < -0.39 is 0 Å². The summed E-state index contributed by atoms with van der Waals surface area (Å²) in [6.07, 6.45) is 4.22. The molecule has 1 aliphatic heterocycles. The van der Waals surface area contributed by atoms with Crippen molar-refractivity contribution in [2.24, 2.45) is 5.10 Å². The Morgan fingerprint density at radius 3 is 2.96 bits per heavy atom. The highest BCUT2D eigenvalue weighted by atomic mass is 16.5. The molecule has 2 aromatic rings. The lowest BCUT2D eigenvalue weighted by molar-refractivity contribution is -0.119. The van der Waals surface area contributed by atoms with Crippen LogP contribution >= 0.6 is 0 Å². The molecule has 3 rings (SSSR count). The number of methoxy groups -OCH3 is 1. The zero-order valence-electron chi connectivity index (χ0n) is 16.7. The fourth-order valence-corrected chi connectivity index (χ4v) is 3.41. The van der Waals surface area contributed by atoms with Crippen LogP contribution in [0.4, 0.5) is 5.69 Å². The molecule has 2 N–H and O–H groups in total. The van der Waals surface area contributed by atoms with Gasteiger partial charge in [-0.3, -0.25) is 4.79 Å². The molecule has 1 aromatic heterocycles. The third kappa shape index (κ3) is 4.92. The molecule has 0 bridgehead atoms. The van der Waals surface area contributed by atoms with E-state index in [4.69, 9.17) is 9.47 Å².